The van der Waals surface area contributed by atoms with Crippen LogP contribution in [0.2, 0.25) is 0 Å². The molecule has 0 heterocycles. The van der Waals surface area contributed by atoms with E-state index in [4.69, 9.17) is 14.2 Å². The van der Waals surface area contributed by atoms with Crippen molar-refractivity contribution in [3.63, 3.8) is 0 Å². The van der Waals surface area contributed by atoms with Crippen LogP contribution in [0, 0.1) is 0 Å². The first-order valence-corrected chi connectivity index (χ1v) is 32.8. The van der Waals surface area contributed by atoms with E-state index >= 15 is 0 Å². The lowest BCUT2D eigenvalue weighted by Crippen LogP contribution is -2.30. The summed E-state index contributed by atoms with van der Waals surface area (Å²) in [4.78, 5) is 38.2. The minimum Gasteiger partial charge on any atom is -0.462 e. The molecule has 452 valence electrons. The molecule has 0 aromatic rings. The monoisotopic (exact) mass is 1100 g/mol. The van der Waals surface area contributed by atoms with Crippen molar-refractivity contribution in [1.82, 2.24) is 0 Å². The number of hydrogen-bond acceptors (Lipinski definition) is 6. The molecule has 6 heteroatoms. The molecule has 0 aromatic heterocycles. The zero-order chi connectivity index (χ0) is 57.8. The summed E-state index contributed by atoms with van der Waals surface area (Å²) in [5, 5.41) is 0. The van der Waals surface area contributed by atoms with Gasteiger partial charge in [0.2, 0.25) is 0 Å². The van der Waals surface area contributed by atoms with Crippen LogP contribution in [-0.2, 0) is 28.6 Å². The number of unbranched alkanes of at least 4 members (excludes halogenated alkanes) is 23. The van der Waals surface area contributed by atoms with Crippen LogP contribution in [0.25, 0.3) is 0 Å². The maximum absolute atomic E-state index is 12.9. The molecule has 0 fully saturated rings. The Bertz CT molecular complexity index is 1750. The summed E-state index contributed by atoms with van der Waals surface area (Å²) in [6, 6.07) is 0. The molecule has 0 bridgehead atoms. The second-order valence-corrected chi connectivity index (χ2v) is 21.3. The van der Waals surface area contributed by atoms with Crippen LogP contribution in [0.3, 0.4) is 0 Å². The van der Waals surface area contributed by atoms with E-state index in [1.165, 1.54) is 116 Å². The molecule has 1 unspecified atom stereocenters. The Morgan fingerprint density at radius 2 is 0.500 bits per heavy atom. The third kappa shape index (κ3) is 64.1. The molecule has 80 heavy (non-hydrogen) atoms. The Kier molecular flexibility index (Phi) is 62.9. The van der Waals surface area contributed by atoms with Crippen molar-refractivity contribution in [1.29, 1.82) is 0 Å². The summed E-state index contributed by atoms with van der Waals surface area (Å²) in [6.07, 6.45) is 95.8. The predicted molar refractivity (Wildman–Crippen MR) is 348 cm³/mol. The Labute approximate surface area is 493 Å². The second-order valence-electron chi connectivity index (χ2n) is 21.3. The van der Waals surface area contributed by atoms with Gasteiger partial charge in [0.25, 0.3) is 0 Å². The quantitative estimate of drug-likeness (QED) is 0.0261. The van der Waals surface area contributed by atoms with E-state index in [0.29, 0.717) is 19.3 Å². The average Bonchev–Trinajstić information content (AvgIpc) is 3.46. The SMILES string of the molecule is CC/C=C\C/C=C\C/C=C\C/C=C\C/C=C\C/C=C\C/C=C\C/C=C\C/C=C\CCCC(=O)OCC(COC(=O)CCCCCCCCCCCC)OC(=O)CCCCCCCCCC/C=C\C/C=C\C/C=C\CCCCCCC. The maximum Gasteiger partial charge on any atom is 0.306 e. The van der Waals surface area contributed by atoms with Gasteiger partial charge in [-0.3, -0.25) is 14.4 Å². The number of allylic oxidation sites excluding steroid dienone is 24. The van der Waals surface area contributed by atoms with Crippen LogP contribution in [0.5, 0.6) is 0 Å². The zero-order valence-corrected chi connectivity index (χ0v) is 51.8. The number of hydrogen-bond donors (Lipinski definition) is 0. The Balaban J connectivity index is 4.40. The molecular weight excluding hydrogens is 985 g/mol. The molecule has 6 nitrogen and oxygen atoms in total. The molecule has 0 amide bonds. The van der Waals surface area contributed by atoms with Crippen molar-refractivity contribution in [2.24, 2.45) is 0 Å². The number of carbonyl (C=O) groups is 3. The normalized spacial score (nSPS) is 13.1. The highest BCUT2D eigenvalue weighted by atomic mass is 16.6. The van der Waals surface area contributed by atoms with Gasteiger partial charge in [0.15, 0.2) is 6.10 Å². The van der Waals surface area contributed by atoms with E-state index in [2.05, 4.69) is 167 Å². The largest absolute Gasteiger partial charge is 0.462 e. The van der Waals surface area contributed by atoms with E-state index in [1.807, 2.05) is 0 Å². The standard InChI is InChI=1S/C74H120O6/c1-4-7-10-13-16-19-22-24-26-28-30-32-34-35-36-37-38-39-41-42-44-46-48-50-52-55-58-61-64-67-73(76)79-70-71(69-78-72(75)66-63-60-57-54-21-18-15-12-9-6-3)80-74(77)68-65-62-59-56-53-51-49-47-45-43-40-33-31-29-27-25-23-20-17-14-11-8-5-2/h7,10,16,19,23-26,29-32,35-36,38-40,42-44,48,50,55,58,71H,4-6,8-9,11-15,17-18,20-22,27-28,33-34,37,41,45-47,49,51-54,56-57,59-70H2,1-3H3/b10-7-,19-16-,25-23-,26-24-,31-29-,32-30-,36-35-,39-38-,43-40-,44-42-,50-48-,58-55-. The maximum atomic E-state index is 12.9. The van der Waals surface area contributed by atoms with Crippen molar-refractivity contribution in [3.8, 4) is 0 Å². The lowest BCUT2D eigenvalue weighted by atomic mass is 10.1. The number of rotatable bonds is 58. The fraction of sp³-hybridized carbons (Fsp3) is 0.635. The van der Waals surface area contributed by atoms with Crippen LogP contribution < -0.4 is 0 Å². The highest BCUT2D eigenvalue weighted by Crippen LogP contribution is 2.15. The molecule has 0 aromatic carbocycles. The number of ether oxygens (including phenoxy) is 3. The first kappa shape index (κ1) is 75.3. The van der Waals surface area contributed by atoms with Gasteiger partial charge >= 0.3 is 17.9 Å². The topological polar surface area (TPSA) is 78.9 Å². The highest BCUT2D eigenvalue weighted by Gasteiger charge is 2.19. The minimum absolute atomic E-state index is 0.102. The van der Waals surface area contributed by atoms with Gasteiger partial charge in [-0.05, 0) is 122 Å². The summed E-state index contributed by atoms with van der Waals surface area (Å²) in [6.45, 7) is 6.45. The molecule has 0 spiro atoms. The summed E-state index contributed by atoms with van der Waals surface area (Å²) < 4.78 is 16.8. The number of esters is 3. The van der Waals surface area contributed by atoms with Gasteiger partial charge in [-0.25, -0.2) is 0 Å². The van der Waals surface area contributed by atoms with E-state index < -0.39 is 6.10 Å². The van der Waals surface area contributed by atoms with Gasteiger partial charge in [0.05, 0.1) is 0 Å². The summed E-state index contributed by atoms with van der Waals surface area (Å²) in [7, 11) is 0. The molecule has 0 saturated carbocycles. The average molecular weight is 1110 g/mol. The van der Waals surface area contributed by atoms with E-state index in [-0.39, 0.29) is 37.5 Å². The molecular formula is C74H120O6. The Hall–Kier alpha value is -4.71. The van der Waals surface area contributed by atoms with Crippen LogP contribution in [0.15, 0.2) is 146 Å². The Morgan fingerprint density at radius 3 is 0.812 bits per heavy atom. The van der Waals surface area contributed by atoms with Crippen molar-refractivity contribution >= 4 is 17.9 Å². The fourth-order valence-corrected chi connectivity index (χ4v) is 8.69. The van der Waals surface area contributed by atoms with E-state index in [0.717, 1.165) is 122 Å². The molecule has 0 aliphatic heterocycles. The van der Waals surface area contributed by atoms with Gasteiger partial charge in [-0.2, -0.15) is 0 Å². The Morgan fingerprint density at radius 1 is 0.263 bits per heavy atom. The molecule has 1 atom stereocenters. The van der Waals surface area contributed by atoms with Gasteiger partial charge in [0, 0.05) is 19.3 Å². The minimum atomic E-state index is -0.811. The molecule has 0 N–H and O–H groups in total. The first-order chi connectivity index (χ1) is 39.5. The lowest BCUT2D eigenvalue weighted by molar-refractivity contribution is -0.167. The van der Waals surface area contributed by atoms with Gasteiger partial charge in [0.1, 0.15) is 13.2 Å². The van der Waals surface area contributed by atoms with Crippen LogP contribution in [-0.4, -0.2) is 37.2 Å². The molecule has 0 saturated heterocycles. The zero-order valence-electron chi connectivity index (χ0n) is 51.8. The van der Waals surface area contributed by atoms with Gasteiger partial charge in [-0.15, -0.1) is 0 Å². The smallest absolute Gasteiger partial charge is 0.306 e. The number of carbonyl (C=O) groups excluding carboxylic acids is 3. The molecule has 0 aliphatic rings. The summed E-state index contributed by atoms with van der Waals surface area (Å²) in [5.74, 6) is -0.973. The van der Waals surface area contributed by atoms with Crippen molar-refractivity contribution in [3.05, 3.63) is 146 Å². The summed E-state index contributed by atoms with van der Waals surface area (Å²) >= 11 is 0. The van der Waals surface area contributed by atoms with E-state index in [1.54, 1.807) is 0 Å². The van der Waals surface area contributed by atoms with E-state index in [9.17, 15) is 14.4 Å². The van der Waals surface area contributed by atoms with Crippen molar-refractivity contribution < 1.29 is 28.6 Å². The van der Waals surface area contributed by atoms with Crippen molar-refractivity contribution in [2.75, 3.05) is 13.2 Å². The predicted octanol–water partition coefficient (Wildman–Crippen LogP) is 22.7. The third-order valence-corrected chi connectivity index (χ3v) is 13.6. The second kappa shape index (κ2) is 66.8. The molecule has 0 radical (unpaired) electrons. The fourth-order valence-electron chi connectivity index (χ4n) is 8.69. The molecule has 0 rings (SSSR count). The van der Waals surface area contributed by atoms with Crippen LogP contribution >= 0.6 is 0 Å². The first-order valence-electron chi connectivity index (χ1n) is 32.8. The molecule has 0 aliphatic carbocycles. The highest BCUT2D eigenvalue weighted by molar-refractivity contribution is 5.71. The van der Waals surface area contributed by atoms with Crippen molar-refractivity contribution in [2.45, 2.75) is 290 Å². The summed E-state index contributed by atoms with van der Waals surface area (Å²) in [5.41, 5.74) is 0. The van der Waals surface area contributed by atoms with Gasteiger partial charge < -0.3 is 14.2 Å². The van der Waals surface area contributed by atoms with Gasteiger partial charge in [-0.1, -0.05) is 289 Å². The van der Waals surface area contributed by atoms with Crippen LogP contribution in [0.4, 0.5) is 0 Å². The third-order valence-electron chi connectivity index (χ3n) is 13.6. The van der Waals surface area contributed by atoms with Crippen LogP contribution in [0.1, 0.15) is 284 Å². The lowest BCUT2D eigenvalue weighted by Gasteiger charge is -2.18.